The summed E-state index contributed by atoms with van der Waals surface area (Å²) in [5.41, 5.74) is 5.45. The van der Waals surface area contributed by atoms with Gasteiger partial charge in [0, 0.05) is 18.4 Å². The molecular weight excluding hydrogens is 232 g/mol. The van der Waals surface area contributed by atoms with Gasteiger partial charge in [-0.2, -0.15) is 0 Å². The Kier molecular flexibility index (Phi) is 4.69. The number of nitrogens with one attached hydrogen (secondary N) is 1. The first-order valence-corrected chi connectivity index (χ1v) is 6.84. The van der Waals surface area contributed by atoms with Gasteiger partial charge in [0.15, 0.2) is 0 Å². The highest BCUT2D eigenvalue weighted by Gasteiger charge is 2.11. The number of aromatic nitrogens is 1. The van der Waals surface area contributed by atoms with Crippen LogP contribution in [0.5, 0.6) is 0 Å². The molecule has 0 saturated carbocycles. The zero-order chi connectivity index (χ0) is 13.7. The maximum absolute atomic E-state index is 4.06. The first kappa shape index (κ1) is 13.8. The third-order valence-corrected chi connectivity index (χ3v) is 3.62. The summed E-state index contributed by atoms with van der Waals surface area (Å²) in [5.74, 6) is 0. The number of nitrogens with zero attached hydrogens (tertiary/aromatic N) is 1. The standard InChI is InChI=1S/C17H22N2/c1-13-4-6-16(14(2)12-13)17(18-3)7-5-15-8-10-19-11-9-15/h4,6,8-12,17-18H,5,7H2,1-3H3. The van der Waals surface area contributed by atoms with Crippen LogP contribution in [0.2, 0.25) is 0 Å². The lowest BCUT2D eigenvalue weighted by atomic mass is 9.95. The van der Waals surface area contributed by atoms with Crippen LogP contribution in [0.3, 0.4) is 0 Å². The van der Waals surface area contributed by atoms with Crippen LogP contribution in [0, 0.1) is 13.8 Å². The van der Waals surface area contributed by atoms with Gasteiger partial charge in [0.05, 0.1) is 0 Å². The Morgan fingerprint density at radius 1 is 1.11 bits per heavy atom. The highest BCUT2D eigenvalue weighted by atomic mass is 14.9. The third-order valence-electron chi connectivity index (χ3n) is 3.62. The van der Waals surface area contributed by atoms with Crippen molar-refractivity contribution < 1.29 is 0 Å². The highest BCUT2D eigenvalue weighted by Crippen LogP contribution is 2.23. The van der Waals surface area contributed by atoms with Crippen molar-refractivity contribution in [1.29, 1.82) is 0 Å². The molecule has 1 aromatic heterocycles. The van der Waals surface area contributed by atoms with E-state index in [1.165, 1.54) is 22.3 Å². The molecule has 0 radical (unpaired) electrons. The maximum atomic E-state index is 4.06. The van der Waals surface area contributed by atoms with E-state index in [9.17, 15) is 0 Å². The Bertz CT molecular complexity index is 520. The van der Waals surface area contributed by atoms with E-state index in [1.54, 1.807) is 0 Å². The van der Waals surface area contributed by atoms with E-state index in [2.05, 4.69) is 54.5 Å². The van der Waals surface area contributed by atoms with E-state index in [0.717, 1.165) is 12.8 Å². The van der Waals surface area contributed by atoms with Crippen LogP contribution in [0.15, 0.2) is 42.7 Å². The lowest BCUT2D eigenvalue weighted by Crippen LogP contribution is -2.18. The molecule has 0 aliphatic heterocycles. The second-order valence-corrected chi connectivity index (χ2v) is 5.10. The predicted molar refractivity (Wildman–Crippen MR) is 80.3 cm³/mol. The summed E-state index contributed by atoms with van der Waals surface area (Å²) in [6.07, 6.45) is 5.90. The van der Waals surface area contributed by atoms with Gasteiger partial charge in [0.25, 0.3) is 0 Å². The van der Waals surface area contributed by atoms with Crippen LogP contribution in [0.25, 0.3) is 0 Å². The highest BCUT2D eigenvalue weighted by molar-refractivity contribution is 5.33. The van der Waals surface area contributed by atoms with E-state index in [-0.39, 0.29) is 0 Å². The molecule has 1 heterocycles. The van der Waals surface area contributed by atoms with Crippen LogP contribution in [0.4, 0.5) is 0 Å². The molecule has 0 aliphatic rings. The van der Waals surface area contributed by atoms with E-state index in [0.29, 0.717) is 6.04 Å². The van der Waals surface area contributed by atoms with E-state index in [4.69, 9.17) is 0 Å². The summed E-state index contributed by atoms with van der Waals surface area (Å²) in [4.78, 5) is 4.06. The third kappa shape index (κ3) is 3.65. The molecule has 0 spiro atoms. The number of hydrogen-bond acceptors (Lipinski definition) is 2. The van der Waals surface area contributed by atoms with Gasteiger partial charge < -0.3 is 5.32 Å². The fraction of sp³-hybridized carbons (Fsp3) is 0.353. The molecule has 1 unspecified atom stereocenters. The number of hydrogen-bond donors (Lipinski definition) is 1. The fourth-order valence-corrected chi connectivity index (χ4v) is 2.53. The SMILES string of the molecule is CNC(CCc1ccncc1)c1ccc(C)cc1C. The number of benzene rings is 1. The Morgan fingerprint density at radius 3 is 2.47 bits per heavy atom. The number of pyridine rings is 1. The molecular formula is C17H22N2. The molecule has 0 amide bonds. The molecule has 100 valence electrons. The molecule has 2 nitrogen and oxygen atoms in total. The average molecular weight is 254 g/mol. The van der Waals surface area contributed by atoms with Crippen LogP contribution in [0.1, 0.15) is 34.7 Å². The minimum absolute atomic E-state index is 0.411. The average Bonchev–Trinajstić information content (AvgIpc) is 2.42. The predicted octanol–water partition coefficient (Wildman–Crippen LogP) is 3.59. The van der Waals surface area contributed by atoms with Crippen molar-refractivity contribution in [3.63, 3.8) is 0 Å². The first-order chi connectivity index (χ1) is 9.20. The van der Waals surface area contributed by atoms with Gasteiger partial charge in [-0.1, -0.05) is 23.8 Å². The van der Waals surface area contributed by atoms with Gasteiger partial charge in [-0.25, -0.2) is 0 Å². The Labute approximate surface area is 115 Å². The zero-order valence-electron chi connectivity index (χ0n) is 12.0. The summed E-state index contributed by atoms with van der Waals surface area (Å²) in [6, 6.07) is 11.3. The van der Waals surface area contributed by atoms with Gasteiger partial charge in [-0.05, 0) is 62.6 Å². The quantitative estimate of drug-likeness (QED) is 0.882. The lowest BCUT2D eigenvalue weighted by Gasteiger charge is -2.19. The zero-order valence-corrected chi connectivity index (χ0v) is 12.0. The first-order valence-electron chi connectivity index (χ1n) is 6.84. The smallest absolute Gasteiger partial charge is 0.0323 e. The topological polar surface area (TPSA) is 24.9 Å². The lowest BCUT2D eigenvalue weighted by molar-refractivity contribution is 0.546. The van der Waals surface area contributed by atoms with Crippen LogP contribution < -0.4 is 5.32 Å². The van der Waals surface area contributed by atoms with Crippen molar-refractivity contribution in [1.82, 2.24) is 10.3 Å². The number of aryl methyl sites for hydroxylation is 3. The molecule has 2 rings (SSSR count). The van der Waals surface area contributed by atoms with Crippen molar-refractivity contribution in [2.75, 3.05) is 7.05 Å². The molecule has 2 heteroatoms. The Hall–Kier alpha value is -1.67. The maximum Gasteiger partial charge on any atom is 0.0323 e. The monoisotopic (exact) mass is 254 g/mol. The summed E-state index contributed by atoms with van der Waals surface area (Å²) in [6.45, 7) is 4.33. The van der Waals surface area contributed by atoms with Crippen molar-refractivity contribution in [2.24, 2.45) is 0 Å². The number of rotatable bonds is 5. The van der Waals surface area contributed by atoms with E-state index in [1.807, 2.05) is 19.4 Å². The molecule has 1 N–H and O–H groups in total. The molecule has 1 aromatic carbocycles. The van der Waals surface area contributed by atoms with Gasteiger partial charge >= 0.3 is 0 Å². The summed E-state index contributed by atoms with van der Waals surface area (Å²) < 4.78 is 0. The van der Waals surface area contributed by atoms with Crippen molar-refractivity contribution in [3.05, 3.63) is 65.0 Å². The summed E-state index contributed by atoms with van der Waals surface area (Å²) >= 11 is 0. The van der Waals surface area contributed by atoms with Gasteiger partial charge in [0.2, 0.25) is 0 Å². The molecule has 0 aliphatic carbocycles. The molecule has 0 fully saturated rings. The van der Waals surface area contributed by atoms with Crippen LogP contribution >= 0.6 is 0 Å². The van der Waals surface area contributed by atoms with Gasteiger partial charge in [-0.15, -0.1) is 0 Å². The van der Waals surface area contributed by atoms with E-state index >= 15 is 0 Å². The molecule has 0 bridgehead atoms. The minimum atomic E-state index is 0.411. The van der Waals surface area contributed by atoms with Crippen LogP contribution in [-0.4, -0.2) is 12.0 Å². The summed E-state index contributed by atoms with van der Waals surface area (Å²) in [7, 11) is 2.04. The fourth-order valence-electron chi connectivity index (χ4n) is 2.53. The Balaban J connectivity index is 2.08. The van der Waals surface area contributed by atoms with Crippen molar-refractivity contribution >= 4 is 0 Å². The van der Waals surface area contributed by atoms with Crippen molar-refractivity contribution in [2.45, 2.75) is 32.7 Å². The van der Waals surface area contributed by atoms with E-state index < -0.39 is 0 Å². The molecule has 2 aromatic rings. The second-order valence-electron chi connectivity index (χ2n) is 5.10. The van der Waals surface area contributed by atoms with Crippen LogP contribution in [-0.2, 0) is 6.42 Å². The normalized spacial score (nSPS) is 12.4. The second kappa shape index (κ2) is 6.48. The molecule has 0 saturated heterocycles. The Morgan fingerprint density at radius 2 is 1.84 bits per heavy atom. The summed E-state index contributed by atoms with van der Waals surface area (Å²) in [5, 5.41) is 3.43. The molecule has 19 heavy (non-hydrogen) atoms. The molecule has 1 atom stereocenters. The van der Waals surface area contributed by atoms with Gasteiger partial charge in [-0.3, -0.25) is 4.98 Å². The largest absolute Gasteiger partial charge is 0.313 e. The van der Waals surface area contributed by atoms with Crippen molar-refractivity contribution in [3.8, 4) is 0 Å². The minimum Gasteiger partial charge on any atom is -0.313 e. The van der Waals surface area contributed by atoms with Gasteiger partial charge in [0.1, 0.15) is 0 Å².